The van der Waals surface area contributed by atoms with E-state index in [1.165, 1.54) is 21.9 Å². The van der Waals surface area contributed by atoms with Crippen molar-refractivity contribution in [1.29, 1.82) is 0 Å². The number of hydrogen-bond donors (Lipinski definition) is 1. The predicted molar refractivity (Wildman–Crippen MR) is 74.8 cm³/mol. The minimum Gasteiger partial charge on any atom is -0.478 e. The summed E-state index contributed by atoms with van der Waals surface area (Å²) in [5, 5.41) is 17.1. The Morgan fingerprint density at radius 1 is 1.40 bits per heavy atom. The maximum atomic E-state index is 11.9. The number of likely N-dealkylation sites (N-methyl/N-ethyl adjacent to an activating group) is 2. The SMILES string of the molecule is CN1C(=O)[C@@H](N=Nc2cccc(C(=O)O)c2)N(C)C1=S. The highest BCUT2D eigenvalue weighted by Crippen LogP contribution is 2.19. The lowest BCUT2D eigenvalue weighted by atomic mass is 10.2. The summed E-state index contributed by atoms with van der Waals surface area (Å²) in [6, 6.07) is 6.01. The molecule has 1 atom stereocenters. The molecule has 0 radical (unpaired) electrons. The van der Waals surface area contributed by atoms with E-state index in [9.17, 15) is 9.59 Å². The van der Waals surface area contributed by atoms with Crippen molar-refractivity contribution in [2.24, 2.45) is 10.2 Å². The first-order chi connectivity index (χ1) is 9.41. The fourth-order valence-electron chi connectivity index (χ4n) is 1.72. The average molecular weight is 292 g/mol. The smallest absolute Gasteiger partial charge is 0.335 e. The largest absolute Gasteiger partial charge is 0.478 e. The van der Waals surface area contributed by atoms with Gasteiger partial charge >= 0.3 is 5.97 Å². The lowest BCUT2D eigenvalue weighted by Gasteiger charge is -2.12. The van der Waals surface area contributed by atoms with Crippen molar-refractivity contribution < 1.29 is 14.7 Å². The lowest BCUT2D eigenvalue weighted by molar-refractivity contribution is -0.127. The Balaban J connectivity index is 2.22. The van der Waals surface area contributed by atoms with Gasteiger partial charge in [0.25, 0.3) is 5.91 Å². The minimum atomic E-state index is -1.04. The van der Waals surface area contributed by atoms with Crippen LogP contribution in [0.2, 0.25) is 0 Å². The van der Waals surface area contributed by atoms with E-state index < -0.39 is 12.1 Å². The number of azo groups is 1. The average Bonchev–Trinajstić information content (AvgIpc) is 2.62. The molecular formula is C12H12N4O3S. The number of carbonyl (C=O) groups is 2. The summed E-state index contributed by atoms with van der Waals surface area (Å²) in [5.74, 6) is -1.31. The van der Waals surface area contributed by atoms with Crippen molar-refractivity contribution in [2.45, 2.75) is 6.17 Å². The topological polar surface area (TPSA) is 85.6 Å². The highest BCUT2D eigenvalue weighted by Gasteiger charge is 2.38. The molecule has 2 rings (SSSR count). The predicted octanol–water partition coefficient (Wildman–Crippen LogP) is 1.48. The molecule has 0 bridgehead atoms. The van der Waals surface area contributed by atoms with Crippen LogP contribution in [0.15, 0.2) is 34.5 Å². The summed E-state index contributed by atoms with van der Waals surface area (Å²) >= 11 is 5.06. The van der Waals surface area contributed by atoms with Crippen LogP contribution in [0, 0.1) is 0 Å². The number of carboxylic acids is 1. The maximum Gasteiger partial charge on any atom is 0.335 e. The molecule has 20 heavy (non-hydrogen) atoms. The second kappa shape index (κ2) is 5.33. The van der Waals surface area contributed by atoms with Crippen LogP contribution in [0.3, 0.4) is 0 Å². The van der Waals surface area contributed by atoms with Gasteiger partial charge in [0.15, 0.2) is 5.11 Å². The number of benzene rings is 1. The van der Waals surface area contributed by atoms with Crippen LogP contribution in [-0.2, 0) is 4.79 Å². The number of thiocarbonyl (C=S) groups is 1. The van der Waals surface area contributed by atoms with Crippen LogP contribution in [-0.4, -0.2) is 52.2 Å². The fourth-order valence-corrected chi connectivity index (χ4v) is 1.91. The Morgan fingerprint density at radius 3 is 2.65 bits per heavy atom. The standard InChI is InChI=1S/C12H12N4O3S/c1-15-9(10(17)16(2)12(15)20)14-13-8-5-3-4-7(6-8)11(18)19/h3-6,9H,1-2H3,(H,18,19)/t9-/m0/s1. The van der Waals surface area contributed by atoms with Crippen molar-refractivity contribution in [1.82, 2.24) is 9.80 Å². The van der Waals surface area contributed by atoms with Gasteiger partial charge in [-0.3, -0.25) is 9.69 Å². The van der Waals surface area contributed by atoms with Gasteiger partial charge in [0.2, 0.25) is 6.17 Å². The van der Waals surface area contributed by atoms with Crippen LogP contribution in [0.25, 0.3) is 0 Å². The third kappa shape index (κ3) is 2.50. The normalized spacial score (nSPS) is 19.2. The second-order valence-corrected chi connectivity index (χ2v) is 4.60. The van der Waals surface area contributed by atoms with E-state index in [-0.39, 0.29) is 11.5 Å². The molecule has 0 aliphatic carbocycles. The molecule has 104 valence electrons. The van der Waals surface area contributed by atoms with E-state index in [1.54, 1.807) is 26.2 Å². The molecule has 1 aliphatic heterocycles. The Kier molecular flexibility index (Phi) is 3.75. The number of carboxylic acid groups (broad SMARTS) is 1. The monoisotopic (exact) mass is 292 g/mol. The summed E-state index contributed by atoms with van der Waals surface area (Å²) in [7, 11) is 3.23. The summed E-state index contributed by atoms with van der Waals surface area (Å²) in [4.78, 5) is 25.6. The third-order valence-corrected chi connectivity index (χ3v) is 3.44. The molecule has 1 amide bonds. The zero-order chi connectivity index (χ0) is 14.9. The van der Waals surface area contributed by atoms with Gasteiger partial charge in [-0.05, 0) is 30.4 Å². The van der Waals surface area contributed by atoms with E-state index >= 15 is 0 Å². The highest BCUT2D eigenvalue weighted by molar-refractivity contribution is 7.80. The Bertz CT molecular complexity index is 616. The molecule has 7 nitrogen and oxygen atoms in total. The van der Waals surface area contributed by atoms with Gasteiger partial charge in [-0.1, -0.05) is 6.07 Å². The first-order valence-electron chi connectivity index (χ1n) is 5.70. The van der Waals surface area contributed by atoms with Crippen molar-refractivity contribution in [3.05, 3.63) is 29.8 Å². The Labute approximate surface area is 120 Å². The number of hydrogen-bond acceptors (Lipinski definition) is 5. The number of rotatable bonds is 3. The van der Waals surface area contributed by atoms with Crippen LogP contribution in [0.5, 0.6) is 0 Å². The van der Waals surface area contributed by atoms with E-state index in [2.05, 4.69) is 10.2 Å². The minimum absolute atomic E-state index is 0.111. The van der Waals surface area contributed by atoms with Gasteiger partial charge in [0.1, 0.15) is 0 Å². The fraction of sp³-hybridized carbons (Fsp3) is 0.250. The Hall–Kier alpha value is -2.35. The van der Waals surface area contributed by atoms with E-state index in [0.717, 1.165) is 0 Å². The van der Waals surface area contributed by atoms with Gasteiger partial charge < -0.3 is 10.0 Å². The summed E-state index contributed by atoms with van der Waals surface area (Å²) in [5.41, 5.74) is 0.478. The summed E-state index contributed by atoms with van der Waals surface area (Å²) in [6.07, 6.45) is -0.805. The molecule has 1 N–H and O–H groups in total. The van der Waals surface area contributed by atoms with E-state index in [4.69, 9.17) is 17.3 Å². The molecule has 0 unspecified atom stereocenters. The highest BCUT2D eigenvalue weighted by atomic mass is 32.1. The van der Waals surface area contributed by atoms with Crippen LogP contribution in [0.1, 0.15) is 10.4 Å². The van der Waals surface area contributed by atoms with E-state index in [1.807, 2.05) is 0 Å². The van der Waals surface area contributed by atoms with Gasteiger partial charge in [-0.15, -0.1) is 0 Å². The molecular weight excluding hydrogens is 280 g/mol. The molecule has 8 heteroatoms. The number of carbonyl (C=O) groups excluding carboxylic acids is 1. The van der Waals surface area contributed by atoms with Crippen molar-refractivity contribution in [3.8, 4) is 0 Å². The third-order valence-electron chi connectivity index (χ3n) is 2.88. The molecule has 1 fully saturated rings. The first-order valence-corrected chi connectivity index (χ1v) is 6.11. The van der Waals surface area contributed by atoms with Crippen molar-refractivity contribution >= 4 is 34.9 Å². The van der Waals surface area contributed by atoms with Crippen LogP contribution >= 0.6 is 12.2 Å². The summed E-state index contributed by atoms with van der Waals surface area (Å²) in [6.45, 7) is 0. The summed E-state index contributed by atoms with van der Waals surface area (Å²) < 4.78 is 0. The van der Waals surface area contributed by atoms with E-state index in [0.29, 0.717) is 10.8 Å². The number of aromatic carboxylic acids is 1. The number of nitrogens with zero attached hydrogens (tertiary/aromatic N) is 4. The maximum absolute atomic E-state index is 11.9. The Morgan fingerprint density at radius 2 is 2.10 bits per heavy atom. The molecule has 0 aromatic heterocycles. The van der Waals surface area contributed by atoms with Gasteiger partial charge in [-0.2, -0.15) is 10.2 Å². The van der Waals surface area contributed by atoms with Crippen molar-refractivity contribution in [3.63, 3.8) is 0 Å². The zero-order valence-electron chi connectivity index (χ0n) is 10.8. The van der Waals surface area contributed by atoms with Crippen molar-refractivity contribution in [2.75, 3.05) is 14.1 Å². The van der Waals surface area contributed by atoms with Crippen LogP contribution in [0.4, 0.5) is 5.69 Å². The molecule has 1 heterocycles. The molecule has 1 saturated heterocycles. The second-order valence-electron chi connectivity index (χ2n) is 4.24. The van der Waals surface area contributed by atoms with Crippen LogP contribution < -0.4 is 0 Å². The van der Waals surface area contributed by atoms with Gasteiger partial charge in [0.05, 0.1) is 11.3 Å². The number of amides is 1. The molecule has 0 spiro atoms. The molecule has 0 saturated carbocycles. The molecule has 1 aromatic rings. The molecule has 1 aromatic carbocycles. The van der Waals surface area contributed by atoms with Gasteiger partial charge in [0, 0.05) is 14.1 Å². The molecule has 1 aliphatic rings. The first kappa shape index (κ1) is 14.1. The zero-order valence-corrected chi connectivity index (χ0v) is 11.7. The lowest BCUT2D eigenvalue weighted by Crippen LogP contribution is -2.28. The van der Waals surface area contributed by atoms with Gasteiger partial charge in [-0.25, -0.2) is 4.79 Å². The quantitative estimate of drug-likeness (QED) is 0.673.